The zero-order chi connectivity index (χ0) is 37.3. The molecule has 0 radical (unpaired) electrons. The average molecular weight is 703 g/mol. The molecule has 10 heteroatoms. The van der Waals surface area contributed by atoms with Crippen LogP contribution >= 0.6 is 0 Å². The number of carbonyl (C=O) groups is 3. The van der Waals surface area contributed by atoms with Crippen LogP contribution in [0.4, 0.5) is 0 Å². The number of aliphatic hydroxyl groups is 6. The Morgan fingerprint density at radius 1 is 0.640 bits per heavy atom. The highest BCUT2D eigenvalue weighted by Crippen LogP contribution is 2.21. The number of aliphatic hydroxyl groups excluding tert-OH is 6. The van der Waals surface area contributed by atoms with Crippen LogP contribution in [0.5, 0.6) is 0 Å². The van der Waals surface area contributed by atoms with E-state index in [0.717, 1.165) is 38.5 Å². The largest absolute Gasteiger partial charge is 0.512 e. The third-order valence-corrected chi connectivity index (χ3v) is 8.68. The second-order valence-electron chi connectivity index (χ2n) is 13.6. The van der Waals surface area contributed by atoms with Crippen LogP contribution in [0.25, 0.3) is 0 Å². The quantitative estimate of drug-likeness (QED) is 0.188. The highest BCUT2D eigenvalue weighted by Gasteiger charge is 2.23. The lowest BCUT2D eigenvalue weighted by Crippen LogP contribution is -2.27. The van der Waals surface area contributed by atoms with E-state index in [1.165, 1.54) is 6.08 Å². The van der Waals surface area contributed by atoms with E-state index in [-0.39, 0.29) is 74.5 Å². The predicted molar refractivity (Wildman–Crippen MR) is 195 cm³/mol. The molecule has 7 atom stereocenters. The molecule has 0 saturated carbocycles. The Balaban J connectivity index is 2.87. The number of rotatable bonds is 2. The summed E-state index contributed by atoms with van der Waals surface area (Å²) < 4.78 is 5.87. The molecule has 6 N–H and O–H groups in total. The Kier molecular flexibility index (Phi) is 23.9. The number of esters is 1. The normalized spacial score (nSPS) is 28.8. The molecule has 10 nitrogen and oxygen atoms in total. The third kappa shape index (κ3) is 22.5. The van der Waals surface area contributed by atoms with Gasteiger partial charge in [0.15, 0.2) is 0 Å². The molecule has 0 saturated heterocycles. The van der Waals surface area contributed by atoms with E-state index < -0.39 is 36.3 Å². The molecule has 7 unspecified atom stereocenters. The Morgan fingerprint density at radius 2 is 1.10 bits per heavy atom. The maximum atomic E-state index is 12.7. The SMILES string of the molecule is CCC(C)C1CCCCCCCC(=O)CC(O)CC(O)CC(=O)CC(O)CC(O)CC(O)CC(O)=CC=CC=CC=CC=CC=C(C)C(=O)O1. The fourth-order valence-electron chi connectivity index (χ4n) is 5.63. The number of hydrogen-bond acceptors (Lipinski definition) is 10. The number of cyclic esters (lactones) is 1. The van der Waals surface area contributed by atoms with Gasteiger partial charge < -0.3 is 35.4 Å². The van der Waals surface area contributed by atoms with E-state index in [4.69, 9.17) is 4.74 Å². The standard InChI is InChI=1S/C40H62O10/c1-4-29(2)39-21-17-13-9-12-16-20-32(42)23-34(44)25-36(46)27-38(48)28-37(47)26-35(45)24-33(43)22-31(41)19-15-11-8-6-5-7-10-14-18-30(3)40(49)50-39/h5-8,10-11,14-15,18-19,29,33-37,39,41,43-47H,4,9,12-13,16-17,20-28H2,1-3H3. The number of hydrogen-bond donors (Lipinski definition) is 6. The molecule has 0 fully saturated rings. The molecular formula is C40H62O10. The van der Waals surface area contributed by atoms with Gasteiger partial charge in [-0.3, -0.25) is 9.59 Å². The minimum atomic E-state index is -1.19. The minimum Gasteiger partial charge on any atom is -0.512 e. The van der Waals surface area contributed by atoms with Crippen LogP contribution in [0.2, 0.25) is 0 Å². The molecule has 1 heterocycles. The molecule has 1 aliphatic heterocycles. The van der Waals surface area contributed by atoms with Crippen LogP contribution in [-0.4, -0.2) is 84.8 Å². The van der Waals surface area contributed by atoms with Gasteiger partial charge in [-0.25, -0.2) is 4.79 Å². The van der Waals surface area contributed by atoms with Crippen LogP contribution in [0, 0.1) is 5.92 Å². The van der Waals surface area contributed by atoms with Gasteiger partial charge in [0, 0.05) is 44.1 Å². The number of Topliss-reactive ketones (excluding diaryl/α,β-unsaturated/α-hetero) is 2. The fraction of sp³-hybridized carbons (Fsp3) is 0.625. The third-order valence-electron chi connectivity index (χ3n) is 8.68. The summed E-state index contributed by atoms with van der Waals surface area (Å²) in [6.45, 7) is 5.89. The number of ether oxygens (including phenoxy) is 1. The second-order valence-corrected chi connectivity index (χ2v) is 13.6. The van der Waals surface area contributed by atoms with Crippen LogP contribution in [0.15, 0.2) is 72.1 Å². The van der Waals surface area contributed by atoms with Crippen molar-refractivity contribution in [3.63, 3.8) is 0 Å². The van der Waals surface area contributed by atoms with Crippen LogP contribution in [-0.2, 0) is 19.1 Å². The molecule has 0 bridgehead atoms. The van der Waals surface area contributed by atoms with Gasteiger partial charge in [0.2, 0.25) is 0 Å². The summed E-state index contributed by atoms with van der Waals surface area (Å²) in [5, 5.41) is 61.4. The summed E-state index contributed by atoms with van der Waals surface area (Å²) in [4.78, 5) is 37.5. The van der Waals surface area contributed by atoms with Gasteiger partial charge in [0.05, 0.1) is 36.3 Å². The number of carbonyl (C=O) groups excluding carboxylic acids is 3. The highest BCUT2D eigenvalue weighted by molar-refractivity contribution is 5.88. The molecule has 1 aliphatic rings. The minimum absolute atomic E-state index is 0.0965. The molecule has 0 aromatic heterocycles. The highest BCUT2D eigenvalue weighted by atomic mass is 16.5. The summed E-state index contributed by atoms with van der Waals surface area (Å²) in [6.07, 6.45) is 16.3. The van der Waals surface area contributed by atoms with E-state index in [9.17, 15) is 45.0 Å². The first-order valence-corrected chi connectivity index (χ1v) is 18.2. The van der Waals surface area contributed by atoms with E-state index >= 15 is 0 Å². The first kappa shape index (κ1) is 44.9. The van der Waals surface area contributed by atoms with Crippen LogP contribution < -0.4 is 0 Å². The van der Waals surface area contributed by atoms with E-state index in [0.29, 0.717) is 18.4 Å². The van der Waals surface area contributed by atoms with Gasteiger partial charge in [-0.1, -0.05) is 94.2 Å². The van der Waals surface area contributed by atoms with Crippen molar-refractivity contribution in [1.29, 1.82) is 0 Å². The lowest BCUT2D eigenvalue weighted by molar-refractivity contribution is -0.147. The summed E-state index contributed by atoms with van der Waals surface area (Å²) in [5.41, 5.74) is 0.506. The van der Waals surface area contributed by atoms with Crippen molar-refractivity contribution >= 4 is 17.5 Å². The Morgan fingerprint density at radius 3 is 1.68 bits per heavy atom. The maximum absolute atomic E-state index is 12.7. The monoisotopic (exact) mass is 702 g/mol. The van der Waals surface area contributed by atoms with Crippen molar-refractivity contribution in [2.24, 2.45) is 5.92 Å². The van der Waals surface area contributed by atoms with Gasteiger partial charge in [-0.2, -0.15) is 0 Å². The van der Waals surface area contributed by atoms with Gasteiger partial charge in [-0.05, 0) is 51.0 Å². The van der Waals surface area contributed by atoms with Gasteiger partial charge in [0.1, 0.15) is 17.7 Å². The molecule has 0 aliphatic carbocycles. The smallest absolute Gasteiger partial charge is 0.333 e. The van der Waals surface area contributed by atoms with Crippen molar-refractivity contribution in [3.05, 3.63) is 72.1 Å². The van der Waals surface area contributed by atoms with Crippen molar-refractivity contribution in [2.75, 3.05) is 0 Å². The maximum Gasteiger partial charge on any atom is 0.333 e. The van der Waals surface area contributed by atoms with Crippen molar-refractivity contribution in [1.82, 2.24) is 0 Å². The van der Waals surface area contributed by atoms with Gasteiger partial charge >= 0.3 is 5.97 Å². The summed E-state index contributed by atoms with van der Waals surface area (Å²) in [5.74, 6) is -0.768. The molecule has 0 amide bonds. The van der Waals surface area contributed by atoms with E-state index in [1.807, 2.05) is 0 Å². The second kappa shape index (κ2) is 26.6. The van der Waals surface area contributed by atoms with E-state index in [1.54, 1.807) is 61.6 Å². The number of ketones is 2. The summed E-state index contributed by atoms with van der Waals surface area (Å²) >= 11 is 0. The molecule has 0 spiro atoms. The molecule has 1 rings (SSSR count). The molecular weight excluding hydrogens is 640 g/mol. The lowest BCUT2D eigenvalue weighted by Gasteiger charge is -2.23. The predicted octanol–water partition coefficient (Wildman–Crippen LogP) is 5.98. The molecule has 282 valence electrons. The Labute approximate surface area is 298 Å². The first-order valence-electron chi connectivity index (χ1n) is 18.2. The van der Waals surface area contributed by atoms with Gasteiger partial charge in [0.25, 0.3) is 0 Å². The van der Waals surface area contributed by atoms with Crippen molar-refractivity contribution in [3.8, 4) is 0 Å². The fourth-order valence-corrected chi connectivity index (χ4v) is 5.63. The zero-order valence-electron chi connectivity index (χ0n) is 30.2. The van der Waals surface area contributed by atoms with Gasteiger partial charge in [-0.15, -0.1) is 0 Å². The average Bonchev–Trinajstić information content (AvgIpc) is 3.02. The summed E-state index contributed by atoms with van der Waals surface area (Å²) in [7, 11) is 0. The lowest BCUT2D eigenvalue weighted by atomic mass is 9.95. The summed E-state index contributed by atoms with van der Waals surface area (Å²) in [6, 6.07) is 0. The molecule has 0 aromatic rings. The topological polar surface area (TPSA) is 182 Å². The van der Waals surface area contributed by atoms with Crippen molar-refractivity contribution in [2.45, 2.75) is 154 Å². The number of allylic oxidation sites excluding steroid dienone is 10. The van der Waals surface area contributed by atoms with Crippen LogP contribution in [0.1, 0.15) is 117 Å². The zero-order valence-corrected chi connectivity index (χ0v) is 30.2. The first-order chi connectivity index (χ1) is 23.8. The molecule has 50 heavy (non-hydrogen) atoms. The molecule has 0 aromatic carbocycles. The van der Waals surface area contributed by atoms with Crippen LogP contribution in [0.3, 0.4) is 0 Å². The Bertz CT molecular complexity index is 1180. The van der Waals surface area contributed by atoms with E-state index in [2.05, 4.69) is 13.8 Å². The Hall–Kier alpha value is -3.15. The van der Waals surface area contributed by atoms with Crippen molar-refractivity contribution < 1.29 is 49.8 Å².